The van der Waals surface area contributed by atoms with Gasteiger partial charge < -0.3 is 19.1 Å². The van der Waals surface area contributed by atoms with Crippen LogP contribution in [0.4, 0.5) is 0 Å². The molecule has 2 atom stereocenters. The zero-order valence-electron chi connectivity index (χ0n) is 13.7. The number of benzene rings is 1. The van der Waals surface area contributed by atoms with Crippen molar-refractivity contribution in [2.45, 2.75) is 31.4 Å². The Hall–Kier alpha value is -0.880. The lowest BCUT2D eigenvalue weighted by molar-refractivity contribution is -0.119. The van der Waals surface area contributed by atoms with Crippen LogP contribution in [0.1, 0.15) is 32.4 Å². The van der Waals surface area contributed by atoms with Crippen LogP contribution in [0.3, 0.4) is 0 Å². The molecule has 1 amide bonds. The van der Waals surface area contributed by atoms with Gasteiger partial charge in [0.2, 0.25) is 5.91 Å². The van der Waals surface area contributed by atoms with Gasteiger partial charge in [-0.15, -0.1) is 0 Å². The Kier molecular flexibility index (Phi) is 8.26. The molecule has 0 aliphatic carbocycles. The maximum Gasteiger partial charge on any atom is 0.346 e. The van der Waals surface area contributed by atoms with Crippen LogP contribution in [0.2, 0.25) is 0 Å². The number of alkyl halides is 1. The Morgan fingerprint density at radius 2 is 1.74 bits per heavy atom. The normalized spacial score (nSPS) is 14.1. The van der Waals surface area contributed by atoms with Gasteiger partial charge in [0, 0.05) is 6.92 Å². The van der Waals surface area contributed by atoms with E-state index in [-0.39, 0.29) is 19.1 Å². The van der Waals surface area contributed by atoms with Crippen LogP contribution in [0, 0.1) is 0 Å². The highest BCUT2D eigenvalue weighted by atomic mass is 79.9. The van der Waals surface area contributed by atoms with Crippen molar-refractivity contribution in [3.63, 3.8) is 0 Å². The van der Waals surface area contributed by atoms with Crippen molar-refractivity contribution in [1.82, 2.24) is 5.32 Å². The van der Waals surface area contributed by atoms with E-state index in [1.54, 1.807) is 45.2 Å². The Balaban J connectivity index is 3.16. The molecule has 6 nitrogen and oxygen atoms in total. The molecule has 8 heteroatoms. The van der Waals surface area contributed by atoms with E-state index in [0.29, 0.717) is 5.75 Å². The average molecular weight is 408 g/mol. The smallest absolute Gasteiger partial charge is 0.346 e. The lowest BCUT2D eigenvalue weighted by Crippen LogP contribution is -2.33. The number of methoxy groups -OCH3 is 1. The van der Waals surface area contributed by atoms with E-state index in [4.69, 9.17) is 13.8 Å². The van der Waals surface area contributed by atoms with Crippen molar-refractivity contribution in [2.24, 2.45) is 0 Å². The van der Waals surface area contributed by atoms with Gasteiger partial charge in [-0.2, -0.15) is 0 Å². The summed E-state index contributed by atoms with van der Waals surface area (Å²) >= 11 is 3.41. The van der Waals surface area contributed by atoms with Gasteiger partial charge in [0.1, 0.15) is 10.3 Å². The van der Waals surface area contributed by atoms with Crippen LogP contribution in [0.5, 0.6) is 5.75 Å². The molecule has 0 radical (unpaired) electrons. The molecule has 1 N–H and O–H groups in total. The molecule has 1 aromatic rings. The van der Waals surface area contributed by atoms with Crippen molar-refractivity contribution in [3.8, 4) is 5.75 Å². The molecular formula is C15H23BrNO5P. The van der Waals surface area contributed by atoms with Crippen LogP contribution < -0.4 is 10.1 Å². The van der Waals surface area contributed by atoms with Crippen LogP contribution in [-0.2, 0) is 18.4 Å². The highest BCUT2D eigenvalue weighted by molar-refractivity contribution is 9.10. The highest BCUT2D eigenvalue weighted by Crippen LogP contribution is 2.59. The maximum atomic E-state index is 13.0. The Morgan fingerprint density at radius 1 is 1.22 bits per heavy atom. The van der Waals surface area contributed by atoms with E-state index < -0.39 is 18.2 Å². The largest absolute Gasteiger partial charge is 0.497 e. The van der Waals surface area contributed by atoms with Crippen molar-refractivity contribution in [1.29, 1.82) is 0 Å². The Bertz CT molecular complexity index is 541. The van der Waals surface area contributed by atoms with Crippen LogP contribution in [-0.4, -0.2) is 30.8 Å². The van der Waals surface area contributed by atoms with Gasteiger partial charge in [-0.3, -0.25) is 9.36 Å². The third kappa shape index (κ3) is 5.60. The summed E-state index contributed by atoms with van der Waals surface area (Å²) in [7, 11) is -1.86. The molecule has 0 heterocycles. The fraction of sp³-hybridized carbons (Fsp3) is 0.533. The zero-order chi connectivity index (χ0) is 17.5. The number of carbonyl (C=O) groups excluding carboxylic acids is 1. The van der Waals surface area contributed by atoms with Gasteiger partial charge in [0.25, 0.3) is 0 Å². The maximum absolute atomic E-state index is 13.0. The van der Waals surface area contributed by atoms with E-state index in [9.17, 15) is 9.36 Å². The Labute approximate surface area is 145 Å². The standard InChI is InChI=1S/C15H23BrNO5P/c1-5-21-23(19,22-6-2)15(16)14(17-11(3)18)12-7-9-13(20-4)10-8-12/h7-10,14-15H,5-6H2,1-4H3,(H,17,18)/t14-,15-/m1/s1. The highest BCUT2D eigenvalue weighted by Gasteiger charge is 2.40. The molecule has 0 saturated heterocycles. The molecule has 0 fully saturated rings. The fourth-order valence-corrected chi connectivity index (χ4v) is 4.90. The Morgan fingerprint density at radius 3 is 2.13 bits per heavy atom. The summed E-state index contributed by atoms with van der Waals surface area (Å²) in [4.78, 5) is 11.6. The molecule has 0 spiro atoms. The number of rotatable bonds is 9. The molecule has 0 bridgehead atoms. The molecule has 0 aliphatic rings. The lowest BCUT2D eigenvalue weighted by Gasteiger charge is -2.29. The fourth-order valence-electron chi connectivity index (χ4n) is 2.06. The first-order valence-corrected chi connectivity index (χ1v) is 9.84. The lowest BCUT2D eigenvalue weighted by atomic mass is 10.1. The summed E-state index contributed by atoms with van der Waals surface area (Å²) in [5.41, 5.74) is 0.766. The number of halogens is 1. The molecule has 130 valence electrons. The van der Waals surface area contributed by atoms with Gasteiger partial charge in [0.05, 0.1) is 26.4 Å². The number of ether oxygens (including phenoxy) is 1. The minimum Gasteiger partial charge on any atom is -0.497 e. The second kappa shape index (κ2) is 9.42. The molecule has 0 aromatic heterocycles. The number of hydrogen-bond donors (Lipinski definition) is 1. The van der Waals surface area contributed by atoms with Gasteiger partial charge in [-0.25, -0.2) is 0 Å². The topological polar surface area (TPSA) is 73.9 Å². The van der Waals surface area contributed by atoms with Gasteiger partial charge in [-0.05, 0) is 31.5 Å². The van der Waals surface area contributed by atoms with Crippen molar-refractivity contribution in [2.75, 3.05) is 20.3 Å². The molecule has 0 aliphatic heterocycles. The summed E-state index contributed by atoms with van der Waals surface area (Å²) in [6.07, 6.45) is 0. The van der Waals surface area contributed by atoms with Crippen LogP contribution in [0.25, 0.3) is 0 Å². The first kappa shape index (κ1) is 20.2. The second-order valence-electron chi connectivity index (χ2n) is 4.70. The SMILES string of the molecule is CCOP(=O)(OCC)[C@@H](Br)[C@H](NC(C)=O)c1ccc(OC)cc1. The predicted octanol–water partition coefficient (Wildman–Crippen LogP) is 3.86. The van der Waals surface area contributed by atoms with E-state index in [1.165, 1.54) is 6.92 Å². The van der Waals surface area contributed by atoms with E-state index in [2.05, 4.69) is 21.2 Å². The number of nitrogens with one attached hydrogen (secondary N) is 1. The summed E-state index contributed by atoms with van der Waals surface area (Å²) < 4.78 is 28.1. The third-order valence-electron chi connectivity index (χ3n) is 3.03. The van der Waals surface area contributed by atoms with Gasteiger partial charge >= 0.3 is 7.60 Å². The van der Waals surface area contributed by atoms with Crippen molar-refractivity contribution >= 4 is 29.4 Å². The molecule has 0 saturated carbocycles. The molecule has 1 aromatic carbocycles. The monoisotopic (exact) mass is 407 g/mol. The van der Waals surface area contributed by atoms with Crippen molar-refractivity contribution in [3.05, 3.63) is 29.8 Å². The first-order chi connectivity index (χ1) is 10.9. The average Bonchev–Trinajstić information content (AvgIpc) is 2.52. The van der Waals surface area contributed by atoms with Crippen molar-refractivity contribution < 1.29 is 23.1 Å². The van der Waals surface area contributed by atoms with Crippen LogP contribution >= 0.6 is 23.5 Å². The molecule has 0 unspecified atom stereocenters. The minimum absolute atomic E-state index is 0.241. The summed E-state index contributed by atoms with van der Waals surface area (Å²) in [6.45, 7) is 5.38. The van der Waals surface area contributed by atoms with E-state index in [0.717, 1.165) is 5.56 Å². The minimum atomic E-state index is -3.44. The summed E-state index contributed by atoms with van der Waals surface area (Å²) in [5, 5.41) is 2.80. The summed E-state index contributed by atoms with van der Waals surface area (Å²) in [6, 6.07) is 6.58. The second-order valence-corrected chi connectivity index (χ2v) is 8.55. The summed E-state index contributed by atoms with van der Waals surface area (Å²) in [5.74, 6) is 0.453. The molecule has 23 heavy (non-hydrogen) atoms. The molecule has 1 rings (SSSR count). The quantitative estimate of drug-likeness (QED) is 0.496. The number of amides is 1. The third-order valence-corrected chi connectivity index (χ3v) is 7.20. The van der Waals surface area contributed by atoms with Gasteiger partial charge in [-0.1, -0.05) is 28.1 Å². The predicted molar refractivity (Wildman–Crippen MR) is 93.1 cm³/mol. The van der Waals surface area contributed by atoms with E-state index in [1.807, 2.05) is 0 Å². The number of carbonyl (C=O) groups is 1. The number of hydrogen-bond acceptors (Lipinski definition) is 5. The molecular weight excluding hydrogens is 385 g/mol. The zero-order valence-corrected chi connectivity index (χ0v) is 16.2. The van der Waals surface area contributed by atoms with Crippen LogP contribution in [0.15, 0.2) is 24.3 Å². The van der Waals surface area contributed by atoms with E-state index >= 15 is 0 Å². The van der Waals surface area contributed by atoms with Gasteiger partial charge in [0.15, 0.2) is 0 Å². The first-order valence-electron chi connectivity index (χ1n) is 7.31.